The molecule has 1 atom stereocenters. The number of amides is 2. The molecular weight excluding hydrogens is 486 g/mol. The van der Waals surface area contributed by atoms with Crippen LogP contribution in [0.5, 0.6) is 11.5 Å². The summed E-state index contributed by atoms with van der Waals surface area (Å²) in [5.74, 6) is 0.306. The van der Waals surface area contributed by atoms with Crippen molar-refractivity contribution in [3.63, 3.8) is 0 Å². The maximum Gasteiger partial charge on any atom is 0.338 e. The number of hydrogen-bond donors (Lipinski definition) is 3. The number of aromatic amines is 1. The number of nitriles is 1. The molecule has 0 fully saturated rings. The topological polar surface area (TPSA) is 138 Å². The Bertz CT molecular complexity index is 1590. The third-order valence-electron chi connectivity index (χ3n) is 6.03. The van der Waals surface area contributed by atoms with Crippen molar-refractivity contribution < 1.29 is 23.8 Å². The lowest BCUT2D eigenvalue weighted by Crippen LogP contribution is -2.47. The van der Waals surface area contributed by atoms with Gasteiger partial charge in [0, 0.05) is 23.3 Å². The van der Waals surface area contributed by atoms with Crippen LogP contribution in [0.3, 0.4) is 0 Å². The first kappa shape index (κ1) is 24.4. The molecule has 38 heavy (non-hydrogen) atoms. The average Bonchev–Trinajstić information content (AvgIpc) is 3.39. The molecule has 10 nitrogen and oxygen atoms in total. The summed E-state index contributed by atoms with van der Waals surface area (Å²) in [5, 5.41) is 15.5. The van der Waals surface area contributed by atoms with Crippen LogP contribution in [-0.2, 0) is 16.1 Å². The number of ether oxygens (including phenoxy) is 3. The van der Waals surface area contributed by atoms with Gasteiger partial charge >= 0.3 is 12.0 Å². The van der Waals surface area contributed by atoms with E-state index in [9.17, 15) is 14.9 Å². The van der Waals surface area contributed by atoms with Crippen molar-refractivity contribution in [2.24, 2.45) is 0 Å². The third kappa shape index (κ3) is 4.99. The van der Waals surface area contributed by atoms with Crippen molar-refractivity contribution in [2.45, 2.75) is 12.6 Å². The Labute approximate surface area is 217 Å². The lowest BCUT2D eigenvalue weighted by molar-refractivity contribution is -0.140. The molecule has 0 spiro atoms. The number of carbonyl (C=O) groups excluding carboxylic acids is 2. The zero-order valence-electron chi connectivity index (χ0n) is 20.4. The molecule has 0 bridgehead atoms. The van der Waals surface area contributed by atoms with Crippen molar-refractivity contribution in [1.29, 1.82) is 5.26 Å². The molecule has 1 aliphatic rings. The zero-order chi connectivity index (χ0) is 26.5. The van der Waals surface area contributed by atoms with Crippen molar-refractivity contribution in [3.8, 4) is 17.6 Å². The summed E-state index contributed by atoms with van der Waals surface area (Å²) in [6.45, 7) is -0.187. The highest BCUT2D eigenvalue weighted by molar-refractivity contribution is 5.97. The van der Waals surface area contributed by atoms with Crippen LogP contribution in [0, 0.1) is 11.3 Å². The molecule has 5 rings (SSSR count). The molecule has 4 aromatic rings. The molecular formula is C28H23N5O5. The van der Waals surface area contributed by atoms with Crippen LogP contribution in [0.2, 0.25) is 0 Å². The first-order chi connectivity index (χ1) is 18.6. The molecule has 0 aliphatic carbocycles. The molecule has 3 heterocycles. The highest BCUT2D eigenvalue weighted by Crippen LogP contribution is 2.33. The van der Waals surface area contributed by atoms with Crippen LogP contribution >= 0.6 is 0 Å². The fourth-order valence-corrected chi connectivity index (χ4v) is 4.27. The zero-order valence-corrected chi connectivity index (χ0v) is 20.4. The molecule has 190 valence electrons. The third-order valence-corrected chi connectivity index (χ3v) is 6.03. The Hall–Kier alpha value is -5.30. The first-order valence-electron chi connectivity index (χ1n) is 11.7. The summed E-state index contributed by atoms with van der Waals surface area (Å²) in [7, 11) is 1.53. The van der Waals surface area contributed by atoms with Crippen molar-refractivity contribution in [1.82, 2.24) is 20.6 Å². The molecule has 2 aromatic carbocycles. The second kappa shape index (κ2) is 10.8. The molecule has 1 unspecified atom stereocenters. The average molecular weight is 510 g/mol. The van der Waals surface area contributed by atoms with Crippen molar-refractivity contribution >= 4 is 23.0 Å². The van der Waals surface area contributed by atoms with Gasteiger partial charge in [0.05, 0.1) is 36.1 Å². The number of carbonyl (C=O) groups is 2. The molecule has 0 saturated carbocycles. The van der Waals surface area contributed by atoms with E-state index < -0.39 is 18.0 Å². The standard InChI is InChI=1S/C28H23N5O5/c1-36-22-9-2-3-10-23(22)37-16-21-24(27(34)38-15-18-7-4-6-17(12-18)13-29)25(33-28(35)32-21)20-14-31-26-19(20)8-5-11-30-26/h2-12,14,25H,15-16H2,1H3,(H,30,31)(H2,32,33,35). The minimum absolute atomic E-state index is 0.0609. The van der Waals surface area contributed by atoms with Gasteiger partial charge in [0.15, 0.2) is 11.5 Å². The maximum atomic E-state index is 13.6. The SMILES string of the molecule is COc1ccccc1OCC1=C(C(=O)OCc2cccc(C#N)c2)C(c2c[nH]c3ncccc23)NC(=O)N1. The van der Waals surface area contributed by atoms with E-state index in [1.807, 2.05) is 12.1 Å². The molecule has 1 aliphatic heterocycles. The number of rotatable bonds is 8. The van der Waals surface area contributed by atoms with Gasteiger partial charge in [-0.1, -0.05) is 24.3 Å². The fourth-order valence-electron chi connectivity index (χ4n) is 4.27. The minimum atomic E-state index is -0.837. The van der Waals surface area contributed by atoms with Gasteiger partial charge in [0.1, 0.15) is 18.9 Å². The summed E-state index contributed by atoms with van der Waals surface area (Å²) in [4.78, 5) is 33.7. The second-order valence-corrected chi connectivity index (χ2v) is 8.40. The smallest absolute Gasteiger partial charge is 0.338 e. The van der Waals surface area contributed by atoms with Gasteiger partial charge in [-0.15, -0.1) is 0 Å². The Kier molecular flexibility index (Phi) is 6.91. The molecule has 10 heteroatoms. The number of aromatic nitrogens is 2. The van der Waals surface area contributed by atoms with Crippen LogP contribution < -0.4 is 20.1 Å². The molecule has 3 N–H and O–H groups in total. The van der Waals surface area contributed by atoms with E-state index in [4.69, 9.17) is 14.2 Å². The van der Waals surface area contributed by atoms with Crippen LogP contribution in [0.4, 0.5) is 4.79 Å². The lowest BCUT2D eigenvalue weighted by Gasteiger charge is -2.29. The number of nitrogens with one attached hydrogen (secondary N) is 3. The van der Waals surface area contributed by atoms with Gasteiger partial charge in [-0.3, -0.25) is 0 Å². The maximum absolute atomic E-state index is 13.6. The predicted octanol–water partition coefficient (Wildman–Crippen LogP) is 3.87. The van der Waals surface area contributed by atoms with Gasteiger partial charge in [0.25, 0.3) is 0 Å². The van der Waals surface area contributed by atoms with E-state index >= 15 is 0 Å². The predicted molar refractivity (Wildman–Crippen MR) is 137 cm³/mol. The molecule has 2 amide bonds. The minimum Gasteiger partial charge on any atom is -0.493 e. The van der Waals surface area contributed by atoms with E-state index in [-0.39, 0.29) is 24.5 Å². The van der Waals surface area contributed by atoms with Gasteiger partial charge in [-0.2, -0.15) is 5.26 Å². The van der Waals surface area contributed by atoms with E-state index in [0.717, 1.165) is 5.39 Å². The number of esters is 1. The van der Waals surface area contributed by atoms with Gasteiger partial charge < -0.3 is 29.8 Å². The second-order valence-electron chi connectivity index (χ2n) is 8.40. The van der Waals surface area contributed by atoms with Gasteiger partial charge in [-0.25, -0.2) is 14.6 Å². The Morgan fingerprint density at radius 1 is 1.08 bits per heavy atom. The van der Waals surface area contributed by atoms with Gasteiger partial charge in [0.2, 0.25) is 0 Å². The first-order valence-corrected chi connectivity index (χ1v) is 11.7. The normalized spacial score (nSPS) is 14.8. The van der Waals surface area contributed by atoms with Crippen molar-refractivity contribution in [2.75, 3.05) is 13.7 Å². The number of para-hydroxylation sites is 2. The highest BCUT2D eigenvalue weighted by atomic mass is 16.5. The largest absolute Gasteiger partial charge is 0.493 e. The summed E-state index contributed by atoms with van der Waals surface area (Å²) in [6, 6.07) is 18.2. The number of hydrogen-bond acceptors (Lipinski definition) is 7. The molecule has 0 saturated heterocycles. The van der Waals surface area contributed by atoms with E-state index in [1.54, 1.807) is 60.9 Å². The summed E-state index contributed by atoms with van der Waals surface area (Å²) in [5.41, 5.74) is 2.81. The Morgan fingerprint density at radius 3 is 2.74 bits per heavy atom. The quantitative estimate of drug-likeness (QED) is 0.307. The summed E-state index contributed by atoms with van der Waals surface area (Å²) < 4.78 is 17.0. The van der Waals surface area contributed by atoms with E-state index in [2.05, 4.69) is 26.7 Å². The Morgan fingerprint density at radius 2 is 1.92 bits per heavy atom. The molecule has 2 aromatic heterocycles. The monoisotopic (exact) mass is 509 g/mol. The Balaban J connectivity index is 1.51. The van der Waals surface area contributed by atoms with Crippen LogP contribution in [-0.4, -0.2) is 35.7 Å². The fraction of sp³-hybridized carbons (Fsp3) is 0.143. The summed E-state index contributed by atoms with van der Waals surface area (Å²) >= 11 is 0. The van der Waals surface area contributed by atoms with Gasteiger partial charge in [-0.05, 0) is 42.0 Å². The number of benzene rings is 2. The number of urea groups is 1. The number of fused-ring (bicyclic) bond motifs is 1. The molecule has 0 radical (unpaired) electrons. The van der Waals surface area contributed by atoms with E-state index in [0.29, 0.717) is 33.8 Å². The number of pyridine rings is 1. The number of methoxy groups -OCH3 is 1. The highest BCUT2D eigenvalue weighted by Gasteiger charge is 2.35. The lowest BCUT2D eigenvalue weighted by atomic mass is 9.95. The van der Waals surface area contributed by atoms with Crippen LogP contribution in [0.15, 0.2) is 84.3 Å². The van der Waals surface area contributed by atoms with Crippen molar-refractivity contribution in [3.05, 3.63) is 101 Å². The van der Waals surface area contributed by atoms with Crippen LogP contribution in [0.1, 0.15) is 22.7 Å². The van der Waals surface area contributed by atoms with Crippen LogP contribution in [0.25, 0.3) is 11.0 Å². The number of nitrogens with zero attached hydrogens (tertiary/aromatic N) is 2. The van der Waals surface area contributed by atoms with E-state index in [1.165, 1.54) is 7.11 Å². The summed E-state index contributed by atoms with van der Waals surface area (Å²) in [6.07, 6.45) is 3.35. The number of H-pyrrole nitrogens is 1.